The molecule has 35 heavy (non-hydrogen) atoms. The first-order valence-electron chi connectivity index (χ1n) is 10.8. The molecule has 0 radical (unpaired) electrons. The van der Waals surface area contributed by atoms with Gasteiger partial charge in [-0.05, 0) is 53.9 Å². The Bertz CT molecular complexity index is 1230. The fourth-order valence-electron chi connectivity index (χ4n) is 3.84. The Morgan fingerprint density at radius 2 is 1.86 bits per heavy atom. The molecule has 0 aliphatic rings. The number of anilines is 3. The molecular formula is C25H29N3O6S. The number of carboxylic acids is 1. The minimum absolute atomic E-state index is 0.0414. The van der Waals surface area contributed by atoms with Crippen LogP contribution in [-0.4, -0.2) is 40.7 Å². The first kappa shape index (κ1) is 25.9. The van der Waals surface area contributed by atoms with Crippen molar-refractivity contribution in [1.29, 1.82) is 0 Å². The van der Waals surface area contributed by atoms with Crippen molar-refractivity contribution in [2.45, 2.75) is 24.2 Å². The van der Waals surface area contributed by atoms with Gasteiger partial charge in [-0.25, -0.2) is 4.21 Å². The van der Waals surface area contributed by atoms with Crippen LogP contribution in [0.4, 0.5) is 17.1 Å². The lowest BCUT2D eigenvalue weighted by atomic mass is 9.87. The molecule has 0 saturated heterocycles. The predicted octanol–water partition coefficient (Wildman–Crippen LogP) is 4.26. The van der Waals surface area contributed by atoms with Crippen LogP contribution in [0.2, 0.25) is 0 Å². The molecule has 10 heteroatoms. The van der Waals surface area contributed by atoms with Gasteiger partial charge >= 0.3 is 5.97 Å². The van der Waals surface area contributed by atoms with Gasteiger partial charge in [0.25, 0.3) is 0 Å². The van der Waals surface area contributed by atoms with Gasteiger partial charge in [-0.3, -0.25) is 4.79 Å². The number of carboxylic acid groups (broad SMARTS) is 1. The number of hydrogen-bond acceptors (Lipinski definition) is 7. The third-order valence-electron chi connectivity index (χ3n) is 5.60. The number of benzene rings is 3. The zero-order valence-corrected chi connectivity index (χ0v) is 20.5. The lowest BCUT2D eigenvalue weighted by molar-refractivity contribution is -0.137. The first-order chi connectivity index (χ1) is 16.7. The molecule has 3 rings (SSSR count). The molecule has 3 aromatic rings. The number of ether oxygens (including phenoxy) is 2. The average molecular weight is 500 g/mol. The highest BCUT2D eigenvalue weighted by Gasteiger charge is 2.22. The first-order valence-corrected chi connectivity index (χ1v) is 11.9. The van der Waals surface area contributed by atoms with E-state index in [9.17, 15) is 18.7 Å². The Morgan fingerprint density at radius 3 is 2.51 bits per heavy atom. The zero-order chi connectivity index (χ0) is 25.5. The highest BCUT2D eigenvalue weighted by atomic mass is 32.2. The van der Waals surface area contributed by atoms with Crippen LogP contribution < -0.4 is 25.8 Å². The molecule has 0 bridgehead atoms. The molecule has 0 heterocycles. The van der Waals surface area contributed by atoms with E-state index in [4.69, 9.17) is 15.2 Å². The summed E-state index contributed by atoms with van der Waals surface area (Å²) < 4.78 is 32.1. The second-order valence-electron chi connectivity index (χ2n) is 7.82. The maximum absolute atomic E-state index is 11.7. The maximum Gasteiger partial charge on any atom is 0.304 e. The molecule has 0 amide bonds. The summed E-state index contributed by atoms with van der Waals surface area (Å²) in [5.74, 6) is -0.603. The molecule has 9 nitrogen and oxygen atoms in total. The van der Waals surface area contributed by atoms with Crippen LogP contribution in [0, 0.1) is 6.92 Å². The molecule has 0 spiro atoms. The van der Waals surface area contributed by atoms with Crippen molar-refractivity contribution in [3.05, 3.63) is 71.3 Å². The summed E-state index contributed by atoms with van der Waals surface area (Å²) in [6.45, 7) is 1.96. The Balaban J connectivity index is 1.90. The zero-order valence-electron chi connectivity index (χ0n) is 19.7. The number of methoxy groups -OCH3 is 1. The van der Waals surface area contributed by atoms with E-state index < -0.39 is 23.0 Å². The van der Waals surface area contributed by atoms with Crippen molar-refractivity contribution in [3.8, 4) is 11.5 Å². The van der Waals surface area contributed by atoms with Crippen LogP contribution in [0.3, 0.4) is 0 Å². The highest BCUT2D eigenvalue weighted by Crippen LogP contribution is 2.38. The van der Waals surface area contributed by atoms with Crippen LogP contribution in [0.15, 0.2) is 59.5 Å². The van der Waals surface area contributed by atoms with Gasteiger partial charge in [0.1, 0.15) is 16.4 Å². The van der Waals surface area contributed by atoms with Gasteiger partial charge in [-0.15, -0.1) is 0 Å². The molecule has 0 fully saturated rings. The molecule has 2 atom stereocenters. The number of rotatable bonds is 11. The molecule has 186 valence electrons. The van der Waals surface area contributed by atoms with Gasteiger partial charge < -0.3 is 35.5 Å². The molecule has 3 aromatic carbocycles. The van der Waals surface area contributed by atoms with Gasteiger partial charge in [0, 0.05) is 18.7 Å². The lowest BCUT2D eigenvalue weighted by Crippen LogP contribution is -2.13. The van der Waals surface area contributed by atoms with E-state index in [1.54, 1.807) is 37.4 Å². The van der Waals surface area contributed by atoms with Crippen LogP contribution in [0.1, 0.15) is 29.0 Å². The van der Waals surface area contributed by atoms with Crippen LogP contribution in [0.25, 0.3) is 0 Å². The van der Waals surface area contributed by atoms with Crippen molar-refractivity contribution >= 4 is 34.1 Å². The van der Waals surface area contributed by atoms with E-state index in [1.165, 1.54) is 13.2 Å². The summed E-state index contributed by atoms with van der Waals surface area (Å²) in [5, 5.41) is 15.8. The van der Waals surface area contributed by atoms with Gasteiger partial charge in [0.15, 0.2) is 17.8 Å². The maximum atomic E-state index is 11.7. The third-order valence-corrected chi connectivity index (χ3v) is 6.31. The Morgan fingerprint density at radius 1 is 1.11 bits per heavy atom. The summed E-state index contributed by atoms with van der Waals surface area (Å²) in [6.07, 6.45) is -0.143. The molecule has 0 aliphatic carbocycles. The van der Waals surface area contributed by atoms with E-state index in [-0.39, 0.29) is 18.0 Å². The summed E-state index contributed by atoms with van der Waals surface area (Å²) in [7, 11) is 3.27. The standard InChI is InChI=1S/C25H29N3O6S/c1-15-8-9-16(11-20(15)28-14-34-21-6-4-5-7-23(21)35(31)32)18(13-24(29)30)17-10-19(26)25(27-2)22(12-17)33-3/h4-12,18,27-28H,13-14,26H2,1-3H3,(H,29,30)(H,31,32). The second kappa shape index (κ2) is 11.6. The van der Waals surface area contributed by atoms with Gasteiger partial charge in [-0.1, -0.05) is 24.3 Å². The quantitative estimate of drug-likeness (QED) is 0.148. The molecule has 0 aliphatic heterocycles. The molecule has 2 unspecified atom stereocenters. The number of para-hydroxylation sites is 1. The van der Waals surface area contributed by atoms with Gasteiger partial charge in [-0.2, -0.15) is 0 Å². The summed E-state index contributed by atoms with van der Waals surface area (Å²) in [6, 6.07) is 15.7. The molecule has 6 N–H and O–H groups in total. The minimum Gasteiger partial charge on any atom is -0.494 e. The number of nitrogen functional groups attached to an aromatic ring is 1. The molecule has 0 saturated carbocycles. The molecular weight excluding hydrogens is 470 g/mol. The lowest BCUT2D eigenvalue weighted by Gasteiger charge is -2.21. The van der Waals surface area contributed by atoms with Gasteiger partial charge in [0.05, 0.1) is 24.9 Å². The monoisotopic (exact) mass is 499 g/mol. The number of carbonyl (C=O) groups is 1. The Kier molecular flexibility index (Phi) is 8.56. The smallest absolute Gasteiger partial charge is 0.304 e. The third kappa shape index (κ3) is 6.23. The van der Waals surface area contributed by atoms with Crippen LogP contribution >= 0.6 is 0 Å². The van der Waals surface area contributed by atoms with Crippen molar-refractivity contribution in [2.24, 2.45) is 0 Å². The summed E-state index contributed by atoms with van der Waals surface area (Å²) in [4.78, 5) is 11.9. The number of aliphatic carboxylic acids is 1. The normalized spacial score (nSPS) is 12.5. The minimum atomic E-state index is -2.17. The number of aryl methyl sites for hydroxylation is 1. The Labute approximate surface area is 206 Å². The van der Waals surface area contributed by atoms with E-state index in [2.05, 4.69) is 10.6 Å². The fraction of sp³-hybridized carbons (Fsp3) is 0.240. The highest BCUT2D eigenvalue weighted by molar-refractivity contribution is 7.79. The van der Waals surface area contributed by atoms with Crippen LogP contribution in [-0.2, 0) is 15.9 Å². The second-order valence-corrected chi connectivity index (χ2v) is 8.76. The average Bonchev–Trinajstić information content (AvgIpc) is 2.83. The SMILES string of the molecule is CNc1c(N)cc(C(CC(=O)O)c2ccc(C)c(NCOc3ccccc3S(=O)O)c2)cc1OC. The van der Waals surface area contributed by atoms with E-state index in [0.717, 1.165) is 16.8 Å². The molecule has 0 aromatic heterocycles. The fourth-order valence-corrected chi connectivity index (χ4v) is 4.34. The predicted molar refractivity (Wildman–Crippen MR) is 137 cm³/mol. The summed E-state index contributed by atoms with van der Waals surface area (Å²) in [5.41, 5.74) is 10.5. The number of nitrogens with one attached hydrogen (secondary N) is 2. The summed E-state index contributed by atoms with van der Waals surface area (Å²) >= 11 is -2.17. The van der Waals surface area contributed by atoms with Crippen molar-refractivity contribution in [3.63, 3.8) is 0 Å². The number of hydrogen-bond donors (Lipinski definition) is 5. The van der Waals surface area contributed by atoms with E-state index in [0.29, 0.717) is 28.4 Å². The van der Waals surface area contributed by atoms with Crippen LogP contribution in [0.5, 0.6) is 11.5 Å². The largest absolute Gasteiger partial charge is 0.494 e. The van der Waals surface area contributed by atoms with E-state index in [1.807, 2.05) is 25.1 Å². The van der Waals surface area contributed by atoms with Gasteiger partial charge in [0.2, 0.25) is 0 Å². The van der Waals surface area contributed by atoms with Crippen molar-refractivity contribution < 1.29 is 28.1 Å². The topological polar surface area (TPSA) is 143 Å². The van der Waals surface area contributed by atoms with E-state index >= 15 is 0 Å². The number of nitrogens with two attached hydrogens (primary N) is 1. The van der Waals surface area contributed by atoms with Crippen molar-refractivity contribution in [1.82, 2.24) is 0 Å². The Hall–Kier alpha value is -3.76. The van der Waals surface area contributed by atoms with Crippen molar-refractivity contribution in [2.75, 3.05) is 37.3 Å².